The summed E-state index contributed by atoms with van der Waals surface area (Å²) in [5, 5.41) is 0. The third-order valence-corrected chi connectivity index (χ3v) is 2.70. The summed E-state index contributed by atoms with van der Waals surface area (Å²) >= 11 is 0. The minimum atomic E-state index is 0.113. The summed E-state index contributed by atoms with van der Waals surface area (Å²) in [5.41, 5.74) is 6.52. The van der Waals surface area contributed by atoms with Crippen molar-refractivity contribution in [2.75, 3.05) is 21.3 Å². The SMILES string of the molecule is COc1cc(CN)cc(Oc2nc(OC)cc(OC)n2)c1. The molecule has 0 aliphatic heterocycles. The summed E-state index contributed by atoms with van der Waals surface area (Å²) in [4.78, 5) is 8.20. The summed E-state index contributed by atoms with van der Waals surface area (Å²) in [6.45, 7) is 0.371. The minimum Gasteiger partial charge on any atom is -0.497 e. The van der Waals surface area contributed by atoms with Gasteiger partial charge < -0.3 is 24.7 Å². The number of nitrogens with zero attached hydrogens (tertiary/aromatic N) is 2. The van der Waals surface area contributed by atoms with Crippen molar-refractivity contribution in [1.29, 1.82) is 0 Å². The average molecular weight is 291 g/mol. The van der Waals surface area contributed by atoms with Crippen LogP contribution in [-0.2, 0) is 6.54 Å². The zero-order valence-electron chi connectivity index (χ0n) is 12.1. The van der Waals surface area contributed by atoms with E-state index in [2.05, 4.69) is 9.97 Å². The molecule has 7 nitrogen and oxygen atoms in total. The fraction of sp³-hybridized carbons (Fsp3) is 0.286. The maximum atomic E-state index is 5.64. The van der Waals surface area contributed by atoms with Gasteiger partial charge in [-0.15, -0.1) is 0 Å². The molecule has 2 rings (SSSR count). The summed E-state index contributed by atoms with van der Waals surface area (Å²) in [5.74, 6) is 1.85. The Hall–Kier alpha value is -2.54. The van der Waals surface area contributed by atoms with E-state index in [1.807, 2.05) is 6.07 Å². The lowest BCUT2D eigenvalue weighted by Crippen LogP contribution is -2.00. The highest BCUT2D eigenvalue weighted by Crippen LogP contribution is 2.27. The highest BCUT2D eigenvalue weighted by atomic mass is 16.5. The van der Waals surface area contributed by atoms with Crippen molar-refractivity contribution >= 4 is 0 Å². The second-order valence-electron chi connectivity index (χ2n) is 4.06. The van der Waals surface area contributed by atoms with Gasteiger partial charge in [0.2, 0.25) is 11.8 Å². The molecule has 7 heteroatoms. The van der Waals surface area contributed by atoms with E-state index in [1.165, 1.54) is 14.2 Å². The molecule has 0 atom stereocenters. The Morgan fingerprint density at radius 2 is 1.48 bits per heavy atom. The minimum absolute atomic E-state index is 0.113. The van der Waals surface area contributed by atoms with E-state index < -0.39 is 0 Å². The van der Waals surface area contributed by atoms with Crippen molar-refractivity contribution in [2.45, 2.75) is 6.54 Å². The van der Waals surface area contributed by atoms with Gasteiger partial charge in [0.05, 0.1) is 27.4 Å². The van der Waals surface area contributed by atoms with Crippen molar-refractivity contribution in [3.63, 3.8) is 0 Å². The molecule has 0 aliphatic carbocycles. The Bertz CT molecular complexity index is 521. The van der Waals surface area contributed by atoms with Crippen molar-refractivity contribution in [2.24, 2.45) is 5.73 Å². The maximum absolute atomic E-state index is 5.64. The van der Waals surface area contributed by atoms with Crippen molar-refractivity contribution < 1.29 is 18.9 Å². The summed E-state index contributed by atoms with van der Waals surface area (Å²) in [6.07, 6.45) is 0. The van der Waals surface area contributed by atoms with Gasteiger partial charge in [0.25, 0.3) is 0 Å². The first-order chi connectivity index (χ1) is 10.2. The van der Waals surface area contributed by atoms with Crippen LogP contribution in [0.15, 0.2) is 24.3 Å². The van der Waals surface area contributed by atoms with Crippen LogP contribution < -0.4 is 24.7 Å². The van der Waals surface area contributed by atoms with Gasteiger partial charge in [0.15, 0.2) is 0 Å². The monoisotopic (exact) mass is 291 g/mol. The zero-order valence-corrected chi connectivity index (χ0v) is 12.1. The Morgan fingerprint density at radius 3 is 2.00 bits per heavy atom. The van der Waals surface area contributed by atoms with Crippen LogP contribution in [0, 0.1) is 0 Å². The van der Waals surface area contributed by atoms with E-state index in [1.54, 1.807) is 25.3 Å². The van der Waals surface area contributed by atoms with Crippen molar-refractivity contribution in [3.05, 3.63) is 29.8 Å². The predicted molar refractivity (Wildman–Crippen MR) is 76.1 cm³/mol. The van der Waals surface area contributed by atoms with Crippen LogP contribution in [0.25, 0.3) is 0 Å². The van der Waals surface area contributed by atoms with E-state index in [4.69, 9.17) is 24.7 Å². The fourth-order valence-corrected chi connectivity index (χ4v) is 1.67. The van der Waals surface area contributed by atoms with E-state index in [9.17, 15) is 0 Å². The van der Waals surface area contributed by atoms with Gasteiger partial charge in [-0.2, -0.15) is 9.97 Å². The van der Waals surface area contributed by atoms with E-state index >= 15 is 0 Å². The Morgan fingerprint density at radius 1 is 0.857 bits per heavy atom. The lowest BCUT2D eigenvalue weighted by atomic mass is 10.2. The number of hydrogen-bond acceptors (Lipinski definition) is 7. The molecule has 1 heterocycles. The predicted octanol–water partition coefficient (Wildman–Crippen LogP) is 1.75. The van der Waals surface area contributed by atoms with Gasteiger partial charge in [0, 0.05) is 12.6 Å². The van der Waals surface area contributed by atoms with E-state index in [-0.39, 0.29) is 6.01 Å². The second-order valence-corrected chi connectivity index (χ2v) is 4.06. The largest absolute Gasteiger partial charge is 0.497 e. The number of methoxy groups -OCH3 is 3. The van der Waals surface area contributed by atoms with Crippen LogP contribution in [0.4, 0.5) is 0 Å². The molecule has 0 radical (unpaired) electrons. The van der Waals surface area contributed by atoms with Gasteiger partial charge in [-0.25, -0.2) is 0 Å². The molecule has 0 spiro atoms. The lowest BCUT2D eigenvalue weighted by Gasteiger charge is -2.10. The van der Waals surface area contributed by atoms with Gasteiger partial charge in [0.1, 0.15) is 11.5 Å². The molecule has 0 amide bonds. The topological polar surface area (TPSA) is 88.7 Å². The highest BCUT2D eigenvalue weighted by molar-refractivity contribution is 5.39. The molecule has 0 fully saturated rings. The second kappa shape index (κ2) is 6.76. The van der Waals surface area contributed by atoms with Gasteiger partial charge >= 0.3 is 6.01 Å². The molecule has 2 aromatic rings. The molecule has 0 aliphatic rings. The van der Waals surface area contributed by atoms with Crippen LogP contribution in [0.1, 0.15) is 5.56 Å². The van der Waals surface area contributed by atoms with Gasteiger partial charge in [-0.05, 0) is 17.7 Å². The van der Waals surface area contributed by atoms with Crippen LogP contribution >= 0.6 is 0 Å². The normalized spacial score (nSPS) is 10.1. The number of nitrogens with two attached hydrogens (primary N) is 1. The van der Waals surface area contributed by atoms with Crippen molar-refractivity contribution in [1.82, 2.24) is 9.97 Å². The molecule has 0 saturated heterocycles. The molecule has 112 valence electrons. The van der Waals surface area contributed by atoms with Crippen LogP contribution in [0.3, 0.4) is 0 Å². The molecule has 21 heavy (non-hydrogen) atoms. The third kappa shape index (κ3) is 3.73. The molecule has 0 saturated carbocycles. The number of aromatic nitrogens is 2. The maximum Gasteiger partial charge on any atom is 0.328 e. The number of hydrogen-bond donors (Lipinski definition) is 1. The van der Waals surface area contributed by atoms with Gasteiger partial charge in [-0.1, -0.05) is 0 Å². The molecule has 2 N–H and O–H groups in total. The lowest BCUT2D eigenvalue weighted by molar-refractivity contribution is 0.347. The van der Waals surface area contributed by atoms with Gasteiger partial charge in [-0.3, -0.25) is 0 Å². The average Bonchev–Trinajstić information content (AvgIpc) is 2.53. The summed E-state index contributed by atoms with van der Waals surface area (Å²) < 4.78 is 21.0. The molecule has 0 bridgehead atoms. The van der Waals surface area contributed by atoms with Crippen molar-refractivity contribution in [3.8, 4) is 29.3 Å². The Kier molecular flexibility index (Phi) is 4.78. The number of rotatable bonds is 6. The molecular formula is C14H17N3O4. The van der Waals surface area contributed by atoms with E-state index in [0.717, 1.165) is 5.56 Å². The van der Waals surface area contributed by atoms with Crippen LogP contribution in [0.5, 0.6) is 29.3 Å². The Balaban J connectivity index is 2.32. The fourth-order valence-electron chi connectivity index (χ4n) is 1.67. The van der Waals surface area contributed by atoms with Crippen LogP contribution in [-0.4, -0.2) is 31.3 Å². The summed E-state index contributed by atoms with van der Waals surface area (Å²) in [6, 6.07) is 7.01. The summed E-state index contributed by atoms with van der Waals surface area (Å²) in [7, 11) is 4.58. The van der Waals surface area contributed by atoms with E-state index in [0.29, 0.717) is 29.8 Å². The first-order valence-corrected chi connectivity index (χ1v) is 6.21. The smallest absolute Gasteiger partial charge is 0.328 e. The Labute approximate surface area is 122 Å². The molecular weight excluding hydrogens is 274 g/mol. The zero-order chi connectivity index (χ0) is 15.2. The molecule has 1 aromatic heterocycles. The standard InChI is InChI=1S/C14H17N3O4/c1-18-10-4-9(8-15)5-11(6-10)21-14-16-12(19-2)7-13(17-14)20-3/h4-7H,8,15H2,1-3H3. The third-order valence-electron chi connectivity index (χ3n) is 2.70. The molecule has 1 aromatic carbocycles. The molecule has 0 unspecified atom stereocenters. The van der Waals surface area contributed by atoms with Crippen LogP contribution in [0.2, 0.25) is 0 Å². The number of ether oxygens (including phenoxy) is 4. The first kappa shape index (κ1) is 14.9. The quantitative estimate of drug-likeness (QED) is 0.867. The highest BCUT2D eigenvalue weighted by Gasteiger charge is 2.09. The first-order valence-electron chi connectivity index (χ1n) is 6.21. The number of benzene rings is 1.